The van der Waals surface area contributed by atoms with Gasteiger partial charge in [-0.15, -0.1) is 0 Å². The maximum atomic E-state index is 5.89. The molecule has 1 unspecified atom stereocenters. The van der Waals surface area contributed by atoms with Crippen LogP contribution < -0.4 is 4.74 Å². The SMILES string of the molecule is CCOCC1(CCc2ccccc2OC)CCN(Cc2cccnc2)C1. The molecule has 1 aliphatic heterocycles. The fourth-order valence-corrected chi connectivity index (χ4v) is 3.93. The molecule has 0 amide bonds. The van der Waals surface area contributed by atoms with Crippen LogP contribution in [0, 0.1) is 5.41 Å². The minimum absolute atomic E-state index is 0.221. The molecular weight excluding hydrogens is 324 g/mol. The molecule has 2 aromatic rings. The Hall–Kier alpha value is -1.91. The molecule has 3 rings (SSSR count). The molecule has 2 heterocycles. The summed E-state index contributed by atoms with van der Waals surface area (Å²) in [6.45, 7) is 6.86. The lowest BCUT2D eigenvalue weighted by Crippen LogP contribution is -2.32. The second kappa shape index (κ2) is 9.15. The first kappa shape index (κ1) is 18.9. The molecule has 26 heavy (non-hydrogen) atoms. The molecule has 0 bridgehead atoms. The van der Waals surface area contributed by atoms with E-state index < -0.39 is 0 Å². The zero-order valence-corrected chi connectivity index (χ0v) is 16.0. The van der Waals surface area contributed by atoms with E-state index in [1.165, 1.54) is 17.5 Å². The highest BCUT2D eigenvalue weighted by molar-refractivity contribution is 5.33. The Morgan fingerprint density at radius 3 is 2.85 bits per heavy atom. The molecule has 1 saturated heterocycles. The normalized spacial score (nSPS) is 20.4. The van der Waals surface area contributed by atoms with Gasteiger partial charge in [-0.25, -0.2) is 0 Å². The van der Waals surface area contributed by atoms with Crippen LogP contribution in [0.3, 0.4) is 0 Å². The summed E-state index contributed by atoms with van der Waals surface area (Å²) in [7, 11) is 1.75. The van der Waals surface area contributed by atoms with Crippen LogP contribution in [0.4, 0.5) is 0 Å². The van der Waals surface area contributed by atoms with E-state index in [0.717, 1.165) is 51.4 Å². The summed E-state index contributed by atoms with van der Waals surface area (Å²) in [4.78, 5) is 6.78. The van der Waals surface area contributed by atoms with Crippen molar-refractivity contribution in [1.82, 2.24) is 9.88 Å². The molecule has 0 aliphatic carbocycles. The summed E-state index contributed by atoms with van der Waals surface area (Å²) in [6.07, 6.45) is 7.13. The van der Waals surface area contributed by atoms with Gasteiger partial charge in [0, 0.05) is 37.5 Å². The smallest absolute Gasteiger partial charge is 0.122 e. The number of benzene rings is 1. The molecule has 0 N–H and O–H groups in total. The highest BCUT2D eigenvalue weighted by Gasteiger charge is 2.38. The molecule has 1 aliphatic rings. The average molecular weight is 354 g/mol. The predicted molar refractivity (Wildman–Crippen MR) is 104 cm³/mol. The minimum Gasteiger partial charge on any atom is -0.496 e. The summed E-state index contributed by atoms with van der Waals surface area (Å²) in [6, 6.07) is 12.5. The molecule has 1 aromatic carbocycles. The molecule has 4 nitrogen and oxygen atoms in total. The van der Waals surface area contributed by atoms with Crippen LogP contribution in [-0.2, 0) is 17.7 Å². The van der Waals surface area contributed by atoms with E-state index in [0.29, 0.717) is 0 Å². The second-order valence-corrected chi connectivity index (χ2v) is 7.27. The first-order valence-corrected chi connectivity index (χ1v) is 9.55. The van der Waals surface area contributed by atoms with E-state index in [2.05, 4.69) is 35.0 Å². The quantitative estimate of drug-likeness (QED) is 0.683. The topological polar surface area (TPSA) is 34.6 Å². The molecule has 140 valence electrons. The van der Waals surface area contributed by atoms with Gasteiger partial charge >= 0.3 is 0 Å². The van der Waals surface area contributed by atoms with Gasteiger partial charge in [0.1, 0.15) is 5.75 Å². The standard InChI is InChI=1S/C22H30N2O2/c1-3-26-18-22(11-10-20-8-4-5-9-21(20)25-2)12-14-24(17-22)16-19-7-6-13-23-15-19/h4-9,13,15H,3,10-12,14,16-18H2,1-2H3. The Labute approximate surface area is 157 Å². The Morgan fingerprint density at radius 2 is 2.08 bits per heavy atom. The van der Waals surface area contributed by atoms with Crippen LogP contribution in [0.25, 0.3) is 0 Å². The Kier molecular flexibility index (Phi) is 6.64. The lowest BCUT2D eigenvalue weighted by Gasteiger charge is -2.29. The van der Waals surface area contributed by atoms with Crippen molar-refractivity contribution < 1.29 is 9.47 Å². The van der Waals surface area contributed by atoms with E-state index in [1.54, 1.807) is 7.11 Å². The minimum atomic E-state index is 0.221. The van der Waals surface area contributed by atoms with Gasteiger partial charge in [-0.1, -0.05) is 24.3 Å². The van der Waals surface area contributed by atoms with Gasteiger partial charge in [0.25, 0.3) is 0 Å². The average Bonchev–Trinajstić information content (AvgIpc) is 3.09. The third-order valence-electron chi connectivity index (χ3n) is 5.38. The maximum Gasteiger partial charge on any atom is 0.122 e. The van der Waals surface area contributed by atoms with Crippen molar-refractivity contribution in [1.29, 1.82) is 0 Å². The number of rotatable bonds is 9. The van der Waals surface area contributed by atoms with Crippen molar-refractivity contribution in [2.75, 3.05) is 33.4 Å². The van der Waals surface area contributed by atoms with E-state index in [1.807, 2.05) is 30.6 Å². The predicted octanol–water partition coefficient (Wildman–Crippen LogP) is 3.95. The van der Waals surface area contributed by atoms with E-state index in [9.17, 15) is 0 Å². The second-order valence-electron chi connectivity index (χ2n) is 7.27. The highest BCUT2D eigenvalue weighted by atomic mass is 16.5. The number of hydrogen-bond acceptors (Lipinski definition) is 4. The van der Waals surface area contributed by atoms with Crippen LogP contribution in [0.15, 0.2) is 48.8 Å². The summed E-state index contributed by atoms with van der Waals surface area (Å²) in [5.41, 5.74) is 2.79. The van der Waals surface area contributed by atoms with E-state index >= 15 is 0 Å². The number of aryl methyl sites for hydroxylation is 1. The fourth-order valence-electron chi connectivity index (χ4n) is 3.93. The lowest BCUT2D eigenvalue weighted by molar-refractivity contribution is 0.0488. The number of para-hydroxylation sites is 1. The van der Waals surface area contributed by atoms with Gasteiger partial charge in [-0.05, 0) is 56.0 Å². The van der Waals surface area contributed by atoms with Crippen LogP contribution in [-0.4, -0.2) is 43.3 Å². The number of aromatic nitrogens is 1. The molecule has 0 spiro atoms. The summed E-state index contributed by atoms with van der Waals surface area (Å²) >= 11 is 0. The number of nitrogens with zero attached hydrogens (tertiary/aromatic N) is 2. The number of pyridine rings is 1. The van der Waals surface area contributed by atoms with Crippen molar-refractivity contribution in [2.45, 2.75) is 32.7 Å². The molecule has 0 saturated carbocycles. The number of likely N-dealkylation sites (tertiary alicyclic amines) is 1. The van der Waals surface area contributed by atoms with Crippen LogP contribution >= 0.6 is 0 Å². The zero-order chi connectivity index (χ0) is 18.2. The van der Waals surface area contributed by atoms with Crippen molar-refractivity contribution in [3.8, 4) is 5.75 Å². The van der Waals surface area contributed by atoms with Crippen molar-refractivity contribution in [2.24, 2.45) is 5.41 Å². The third-order valence-corrected chi connectivity index (χ3v) is 5.38. The maximum absolute atomic E-state index is 5.89. The van der Waals surface area contributed by atoms with Gasteiger partial charge in [-0.2, -0.15) is 0 Å². The molecular formula is C22H30N2O2. The largest absolute Gasteiger partial charge is 0.496 e. The fraction of sp³-hybridized carbons (Fsp3) is 0.500. The lowest BCUT2D eigenvalue weighted by atomic mass is 9.82. The summed E-state index contributed by atoms with van der Waals surface area (Å²) < 4.78 is 11.4. The van der Waals surface area contributed by atoms with Gasteiger partial charge in [0.05, 0.1) is 13.7 Å². The molecule has 1 fully saturated rings. The first-order chi connectivity index (χ1) is 12.7. The molecule has 4 heteroatoms. The number of ether oxygens (including phenoxy) is 2. The van der Waals surface area contributed by atoms with E-state index in [4.69, 9.17) is 9.47 Å². The van der Waals surface area contributed by atoms with Crippen molar-refractivity contribution in [3.63, 3.8) is 0 Å². The summed E-state index contributed by atoms with van der Waals surface area (Å²) in [5.74, 6) is 0.990. The van der Waals surface area contributed by atoms with E-state index in [-0.39, 0.29) is 5.41 Å². The Balaban J connectivity index is 1.65. The number of methoxy groups -OCH3 is 1. The molecule has 1 atom stereocenters. The first-order valence-electron chi connectivity index (χ1n) is 9.55. The Morgan fingerprint density at radius 1 is 1.19 bits per heavy atom. The van der Waals surface area contributed by atoms with Crippen molar-refractivity contribution in [3.05, 3.63) is 59.9 Å². The highest BCUT2D eigenvalue weighted by Crippen LogP contribution is 2.37. The Bertz CT molecular complexity index is 677. The van der Waals surface area contributed by atoms with Crippen LogP contribution in [0.1, 0.15) is 30.9 Å². The van der Waals surface area contributed by atoms with Crippen LogP contribution in [0.2, 0.25) is 0 Å². The van der Waals surface area contributed by atoms with Gasteiger partial charge in [-0.3, -0.25) is 9.88 Å². The van der Waals surface area contributed by atoms with Gasteiger partial charge in [0.2, 0.25) is 0 Å². The number of hydrogen-bond donors (Lipinski definition) is 0. The van der Waals surface area contributed by atoms with Crippen molar-refractivity contribution >= 4 is 0 Å². The monoisotopic (exact) mass is 354 g/mol. The van der Waals surface area contributed by atoms with Crippen LogP contribution in [0.5, 0.6) is 5.75 Å². The van der Waals surface area contributed by atoms with Gasteiger partial charge < -0.3 is 9.47 Å². The third kappa shape index (κ3) is 4.83. The van der Waals surface area contributed by atoms with Gasteiger partial charge in [0.15, 0.2) is 0 Å². The molecule has 1 aromatic heterocycles. The molecule has 0 radical (unpaired) electrons. The zero-order valence-electron chi connectivity index (χ0n) is 16.0. The summed E-state index contributed by atoms with van der Waals surface area (Å²) in [5, 5.41) is 0.